The van der Waals surface area contributed by atoms with E-state index < -0.39 is 0 Å². The van der Waals surface area contributed by atoms with Crippen molar-refractivity contribution in [2.45, 2.75) is 25.2 Å². The molecule has 6 heteroatoms. The number of nitrogens with one attached hydrogen (secondary N) is 1. The normalized spacial score (nSPS) is 16.0. The summed E-state index contributed by atoms with van der Waals surface area (Å²) in [6.45, 7) is 3.82. The Morgan fingerprint density at radius 2 is 2.03 bits per heavy atom. The van der Waals surface area contributed by atoms with Crippen LogP contribution in [0, 0.1) is 5.82 Å². The van der Waals surface area contributed by atoms with E-state index in [2.05, 4.69) is 33.2 Å². The van der Waals surface area contributed by atoms with E-state index in [9.17, 15) is 4.39 Å². The minimum atomic E-state index is -0.287. The molecule has 1 fully saturated rings. The van der Waals surface area contributed by atoms with E-state index in [1.807, 2.05) is 12.3 Å². The number of hydrogen-bond donors (Lipinski definition) is 1. The Kier molecular flexibility index (Phi) is 4.94. The summed E-state index contributed by atoms with van der Waals surface area (Å²) in [5.74, 6) is 1.01. The molecule has 0 unspecified atom stereocenters. The number of likely N-dealkylation sites (tertiary alicyclic amines) is 1. The molecule has 5 nitrogen and oxygen atoms in total. The minimum absolute atomic E-state index is 0.287. The highest BCUT2D eigenvalue weighted by atomic mass is 19.1. The van der Waals surface area contributed by atoms with E-state index in [1.165, 1.54) is 17.5 Å². The number of hydrogen-bond acceptors (Lipinski definition) is 4. The molecular formula is C23H24FN3O2. The number of aromatic amines is 1. The van der Waals surface area contributed by atoms with Crippen molar-refractivity contribution in [1.82, 2.24) is 15.0 Å². The zero-order valence-corrected chi connectivity index (χ0v) is 16.2. The van der Waals surface area contributed by atoms with Crippen LogP contribution in [0.4, 0.5) is 4.39 Å². The van der Waals surface area contributed by atoms with Crippen LogP contribution in [-0.2, 0) is 0 Å². The molecule has 0 spiro atoms. The van der Waals surface area contributed by atoms with E-state index in [4.69, 9.17) is 9.26 Å². The highest BCUT2D eigenvalue weighted by Gasteiger charge is 2.24. The van der Waals surface area contributed by atoms with Crippen LogP contribution in [0.15, 0.2) is 53.2 Å². The van der Waals surface area contributed by atoms with Gasteiger partial charge in [0.25, 0.3) is 0 Å². The maximum absolute atomic E-state index is 13.3. The topological polar surface area (TPSA) is 54.3 Å². The number of aromatic nitrogens is 2. The Labute approximate surface area is 168 Å². The third kappa shape index (κ3) is 3.85. The molecule has 0 amide bonds. The van der Waals surface area contributed by atoms with E-state index in [1.54, 1.807) is 6.07 Å². The Balaban J connectivity index is 1.09. The van der Waals surface area contributed by atoms with Gasteiger partial charge >= 0.3 is 0 Å². The van der Waals surface area contributed by atoms with Gasteiger partial charge in [0.15, 0.2) is 5.58 Å². The van der Waals surface area contributed by atoms with Crippen LogP contribution in [0.2, 0.25) is 0 Å². The average molecular weight is 393 g/mol. The van der Waals surface area contributed by atoms with Crippen molar-refractivity contribution in [2.75, 3.05) is 26.2 Å². The van der Waals surface area contributed by atoms with Crippen molar-refractivity contribution in [3.05, 3.63) is 60.2 Å². The summed E-state index contributed by atoms with van der Waals surface area (Å²) in [7, 11) is 0. The second-order valence-electron chi connectivity index (χ2n) is 7.75. The van der Waals surface area contributed by atoms with Gasteiger partial charge in [-0.3, -0.25) is 0 Å². The summed E-state index contributed by atoms with van der Waals surface area (Å²) in [5, 5.41) is 6.35. The molecule has 0 aliphatic carbocycles. The maximum atomic E-state index is 13.3. The van der Waals surface area contributed by atoms with Gasteiger partial charge in [-0.15, -0.1) is 0 Å². The summed E-state index contributed by atoms with van der Waals surface area (Å²) in [6.07, 6.45) is 5.04. The van der Waals surface area contributed by atoms with Crippen LogP contribution in [0.25, 0.3) is 21.9 Å². The third-order valence-electron chi connectivity index (χ3n) is 5.85. The molecule has 5 rings (SSSR count). The van der Waals surface area contributed by atoms with Gasteiger partial charge in [0.2, 0.25) is 0 Å². The van der Waals surface area contributed by atoms with E-state index in [0.717, 1.165) is 67.8 Å². The lowest BCUT2D eigenvalue weighted by molar-refractivity contribution is 0.191. The van der Waals surface area contributed by atoms with Crippen LogP contribution in [0.3, 0.4) is 0 Å². The van der Waals surface area contributed by atoms with Crippen LogP contribution >= 0.6 is 0 Å². The summed E-state index contributed by atoms with van der Waals surface area (Å²) in [4.78, 5) is 5.68. The predicted molar refractivity (Wildman–Crippen MR) is 111 cm³/mol. The second kappa shape index (κ2) is 7.87. The fraction of sp³-hybridized carbons (Fsp3) is 0.348. The standard InChI is InChI=1S/C23H24FN3O2/c24-18-2-4-20-22(15-18)29-26-23(20)16-7-11-27(12-8-16)10-1-13-28-19-3-5-21-17(14-19)6-9-25-21/h2-6,9,14-16,25H,1,7-8,10-13H2. The summed E-state index contributed by atoms with van der Waals surface area (Å²) in [6, 6.07) is 12.9. The number of fused-ring (bicyclic) bond motifs is 2. The number of piperidine rings is 1. The molecule has 2 aromatic heterocycles. The molecule has 0 atom stereocenters. The van der Waals surface area contributed by atoms with Crippen LogP contribution in [0.5, 0.6) is 5.75 Å². The van der Waals surface area contributed by atoms with Gasteiger partial charge in [-0.2, -0.15) is 0 Å². The summed E-state index contributed by atoms with van der Waals surface area (Å²) >= 11 is 0. The molecule has 0 saturated carbocycles. The van der Waals surface area contributed by atoms with Crippen LogP contribution in [-0.4, -0.2) is 41.3 Å². The first-order chi connectivity index (χ1) is 14.3. The molecule has 1 aliphatic heterocycles. The molecule has 1 aliphatic rings. The Morgan fingerprint density at radius 3 is 2.93 bits per heavy atom. The van der Waals surface area contributed by atoms with Crippen molar-refractivity contribution < 1.29 is 13.7 Å². The lowest BCUT2D eigenvalue weighted by atomic mass is 9.91. The highest BCUT2D eigenvalue weighted by molar-refractivity contribution is 5.81. The number of benzene rings is 2. The Hall–Kier alpha value is -2.86. The zero-order valence-electron chi connectivity index (χ0n) is 16.2. The van der Waals surface area contributed by atoms with Gasteiger partial charge in [-0.25, -0.2) is 4.39 Å². The zero-order chi connectivity index (χ0) is 19.6. The summed E-state index contributed by atoms with van der Waals surface area (Å²) in [5.41, 5.74) is 2.64. The van der Waals surface area contributed by atoms with Crippen molar-refractivity contribution in [1.29, 1.82) is 0 Å². The van der Waals surface area contributed by atoms with Gasteiger partial charge < -0.3 is 19.1 Å². The summed E-state index contributed by atoms with van der Waals surface area (Å²) < 4.78 is 24.6. The molecule has 1 N–H and O–H groups in total. The van der Waals surface area contributed by atoms with Crippen molar-refractivity contribution in [3.63, 3.8) is 0 Å². The van der Waals surface area contributed by atoms with Gasteiger partial charge in [0.05, 0.1) is 12.3 Å². The van der Waals surface area contributed by atoms with E-state index >= 15 is 0 Å². The molecule has 1 saturated heterocycles. The molecular weight excluding hydrogens is 369 g/mol. The maximum Gasteiger partial charge on any atom is 0.170 e. The molecule has 3 heterocycles. The second-order valence-corrected chi connectivity index (χ2v) is 7.75. The number of rotatable bonds is 6. The quantitative estimate of drug-likeness (QED) is 0.463. The van der Waals surface area contributed by atoms with Crippen molar-refractivity contribution in [3.8, 4) is 5.75 Å². The van der Waals surface area contributed by atoms with E-state index in [-0.39, 0.29) is 5.82 Å². The third-order valence-corrected chi connectivity index (χ3v) is 5.85. The van der Waals surface area contributed by atoms with Crippen molar-refractivity contribution >= 4 is 21.9 Å². The Bertz CT molecular complexity index is 1110. The first kappa shape index (κ1) is 18.2. The fourth-order valence-electron chi connectivity index (χ4n) is 4.25. The minimum Gasteiger partial charge on any atom is -0.494 e. The number of nitrogens with zero attached hydrogens (tertiary/aromatic N) is 2. The number of ether oxygens (including phenoxy) is 1. The predicted octanol–water partition coefficient (Wildman–Crippen LogP) is 5.10. The average Bonchev–Trinajstić information content (AvgIpc) is 3.38. The molecule has 29 heavy (non-hydrogen) atoms. The monoisotopic (exact) mass is 393 g/mol. The molecule has 150 valence electrons. The SMILES string of the molecule is Fc1ccc2c(C3CCN(CCCOc4ccc5[nH]ccc5c4)CC3)noc2c1. The van der Waals surface area contributed by atoms with Crippen LogP contribution < -0.4 is 4.74 Å². The van der Waals surface area contributed by atoms with Gasteiger partial charge in [0, 0.05) is 41.0 Å². The van der Waals surface area contributed by atoms with Gasteiger partial charge in [-0.05, 0) is 68.8 Å². The van der Waals surface area contributed by atoms with Gasteiger partial charge in [-0.1, -0.05) is 5.16 Å². The molecule has 0 radical (unpaired) electrons. The lowest BCUT2D eigenvalue weighted by Crippen LogP contribution is -2.34. The van der Waals surface area contributed by atoms with Crippen molar-refractivity contribution in [2.24, 2.45) is 0 Å². The number of H-pyrrole nitrogens is 1. The first-order valence-electron chi connectivity index (χ1n) is 10.2. The first-order valence-corrected chi connectivity index (χ1v) is 10.2. The largest absolute Gasteiger partial charge is 0.494 e. The lowest BCUT2D eigenvalue weighted by Gasteiger charge is -2.31. The van der Waals surface area contributed by atoms with Crippen LogP contribution in [0.1, 0.15) is 30.9 Å². The van der Waals surface area contributed by atoms with E-state index in [0.29, 0.717) is 11.5 Å². The smallest absolute Gasteiger partial charge is 0.170 e. The number of halogens is 1. The van der Waals surface area contributed by atoms with Gasteiger partial charge in [0.1, 0.15) is 11.6 Å². The highest BCUT2D eigenvalue weighted by Crippen LogP contribution is 2.32. The Morgan fingerprint density at radius 1 is 1.14 bits per heavy atom. The molecule has 4 aromatic rings. The fourth-order valence-corrected chi connectivity index (χ4v) is 4.25. The molecule has 2 aromatic carbocycles. The molecule has 0 bridgehead atoms.